The molecule has 2 N–H and O–H groups in total. The number of rotatable bonds is 31. The van der Waals surface area contributed by atoms with Gasteiger partial charge < -0.3 is 10.2 Å². The van der Waals surface area contributed by atoms with Crippen LogP contribution in [0, 0.1) is 0 Å². The van der Waals surface area contributed by atoms with Gasteiger partial charge in [-0.25, -0.2) is 0 Å². The zero-order valence-electron chi connectivity index (χ0n) is 27.1. The molecule has 0 saturated carbocycles. The van der Waals surface area contributed by atoms with Crippen molar-refractivity contribution in [2.24, 2.45) is 0 Å². The van der Waals surface area contributed by atoms with Crippen molar-refractivity contribution in [1.29, 1.82) is 0 Å². The molecule has 0 fully saturated rings. The molecule has 0 rings (SSSR count). The van der Waals surface area contributed by atoms with Crippen molar-refractivity contribution in [2.45, 2.75) is 206 Å². The van der Waals surface area contributed by atoms with Crippen LogP contribution in [-0.2, 0) is 9.59 Å². The second-order valence-corrected chi connectivity index (χ2v) is 11.8. The summed E-state index contributed by atoms with van der Waals surface area (Å²) in [7, 11) is 0. The zero-order chi connectivity index (χ0) is 29.8. The van der Waals surface area contributed by atoms with Crippen molar-refractivity contribution in [3.63, 3.8) is 0 Å². The van der Waals surface area contributed by atoms with E-state index < -0.39 is 11.9 Å². The monoisotopic (exact) mass is 617 g/mol. The molecule has 0 bridgehead atoms. The van der Waals surface area contributed by atoms with Crippen LogP contribution in [0.1, 0.15) is 206 Å². The number of carboxylic acids is 2. The molecule has 0 unspecified atom stereocenters. The summed E-state index contributed by atoms with van der Waals surface area (Å²) in [6.45, 7) is 4.53. The van der Waals surface area contributed by atoms with Crippen LogP contribution in [-0.4, -0.2) is 78.8 Å². The van der Waals surface area contributed by atoms with Crippen LogP contribution in [0.3, 0.4) is 0 Å². The van der Waals surface area contributed by atoms with Gasteiger partial charge in [0.2, 0.25) is 0 Å². The van der Waals surface area contributed by atoms with Gasteiger partial charge in [-0.2, -0.15) is 0 Å². The van der Waals surface area contributed by atoms with E-state index in [-0.39, 0.29) is 56.6 Å². The normalized spacial score (nSPS) is 10.5. The number of hydrogen-bond acceptors (Lipinski definition) is 2. The minimum atomic E-state index is -0.664. The molecule has 0 aliphatic rings. The zero-order valence-corrected chi connectivity index (χ0v) is 27.1. The van der Waals surface area contributed by atoms with Crippen LogP contribution < -0.4 is 0 Å². The Kier molecular flexibility index (Phi) is 54.1. The van der Waals surface area contributed by atoms with Crippen LogP contribution >= 0.6 is 0 Å². The van der Waals surface area contributed by atoms with Gasteiger partial charge in [0.25, 0.3) is 0 Å². The van der Waals surface area contributed by atoms with Crippen molar-refractivity contribution >= 4 is 68.5 Å². The van der Waals surface area contributed by atoms with Gasteiger partial charge in [0.05, 0.1) is 0 Å². The van der Waals surface area contributed by atoms with Crippen molar-refractivity contribution in [2.75, 3.05) is 0 Å². The molecule has 0 aromatic carbocycles. The summed E-state index contributed by atoms with van der Waals surface area (Å²) < 4.78 is 0. The first-order valence-electron chi connectivity index (χ1n) is 17.6. The molecule has 0 aliphatic heterocycles. The number of hydrogen-bond donors (Lipinski definition) is 2. The van der Waals surface area contributed by atoms with E-state index in [0.717, 1.165) is 25.7 Å². The maximum absolute atomic E-state index is 10.3. The summed E-state index contributed by atoms with van der Waals surface area (Å²) in [5, 5.41) is 17.0. The molecule has 0 aromatic heterocycles. The number of allylic oxidation sites excluding steroid dienone is 2. The van der Waals surface area contributed by atoms with Crippen molar-refractivity contribution in [3.05, 3.63) is 12.2 Å². The fourth-order valence-electron chi connectivity index (χ4n) is 4.99. The molecule has 0 aromatic rings. The van der Waals surface area contributed by atoms with E-state index in [4.69, 9.17) is 10.2 Å². The first-order chi connectivity index (χ1) is 19.5. The Bertz CT molecular complexity index is 542. The Morgan fingerprint density at radius 3 is 0.857 bits per heavy atom. The number of carbonyl (C=O) groups is 2. The SMILES string of the molecule is CCCCCCCC/C=C\CCCCCCCC(=O)O.CCCCCCCCCCCCCCCCCC(=O)O.[CaH2].[LiH]. The third-order valence-corrected chi connectivity index (χ3v) is 7.65. The Hall–Kier alpha value is 0.537. The quantitative estimate of drug-likeness (QED) is 0.0461. The van der Waals surface area contributed by atoms with Gasteiger partial charge >= 0.3 is 68.5 Å². The predicted octanol–water partition coefficient (Wildman–Crippen LogP) is 10.9. The Labute approximate surface area is 304 Å². The Balaban J connectivity index is -0.000000328. The second-order valence-electron chi connectivity index (χ2n) is 11.8. The van der Waals surface area contributed by atoms with Crippen molar-refractivity contribution in [1.82, 2.24) is 0 Å². The molecular weight excluding hydrogens is 543 g/mol. The molecule has 0 amide bonds. The van der Waals surface area contributed by atoms with E-state index in [1.807, 2.05) is 0 Å². The van der Waals surface area contributed by atoms with Crippen molar-refractivity contribution in [3.8, 4) is 0 Å². The third kappa shape index (κ3) is 53.1. The van der Waals surface area contributed by atoms with Gasteiger partial charge in [0, 0.05) is 12.8 Å². The number of aliphatic carboxylic acids is 2. The third-order valence-electron chi connectivity index (χ3n) is 7.65. The summed E-state index contributed by atoms with van der Waals surface area (Å²) >= 11 is 0. The average molecular weight is 617 g/mol. The van der Waals surface area contributed by atoms with E-state index in [9.17, 15) is 9.59 Å². The van der Waals surface area contributed by atoms with Gasteiger partial charge in [-0.1, -0.05) is 167 Å². The van der Waals surface area contributed by atoms with Crippen LogP contribution in [0.5, 0.6) is 0 Å². The van der Waals surface area contributed by atoms with Gasteiger partial charge in [0.1, 0.15) is 0 Å². The first-order valence-corrected chi connectivity index (χ1v) is 17.6. The van der Waals surface area contributed by atoms with Crippen LogP contribution in [0.15, 0.2) is 12.2 Å². The second kappa shape index (κ2) is 46.0. The van der Waals surface area contributed by atoms with E-state index in [1.165, 1.54) is 154 Å². The number of unbranched alkanes of at least 4 members (excludes halogenated alkanes) is 25. The standard InChI is InChI=1S/C18H36O2.C18H34O2.Ca.Li.3H/c2*1-2-3-4-5-6-7-8-9-10-11-12-13-14-15-16-17-18(19)20;;;;;/h2-17H2,1H3,(H,19,20);9-10H,2-8,11-17H2,1H3,(H,19,20);;;;;/b;10-9-;;;;;. The summed E-state index contributed by atoms with van der Waals surface area (Å²) in [5.74, 6) is -1.32. The molecule has 0 spiro atoms. The average Bonchev–Trinajstić information content (AvgIpc) is 2.93. The molecule has 0 aliphatic carbocycles. The van der Waals surface area contributed by atoms with Crippen LogP contribution in [0.2, 0.25) is 0 Å². The molecule has 244 valence electrons. The van der Waals surface area contributed by atoms with E-state index in [0.29, 0.717) is 12.8 Å². The fourth-order valence-corrected chi connectivity index (χ4v) is 4.99. The van der Waals surface area contributed by atoms with E-state index >= 15 is 0 Å². The number of carboxylic acid groups (broad SMARTS) is 2. The molecule has 6 heteroatoms. The molecule has 0 heterocycles. The van der Waals surface area contributed by atoms with Gasteiger partial charge in [0.15, 0.2) is 0 Å². The molecule has 0 atom stereocenters. The fraction of sp³-hybridized carbons (Fsp3) is 0.889. The molecule has 0 saturated heterocycles. The maximum atomic E-state index is 10.3. The predicted molar refractivity (Wildman–Crippen MR) is 190 cm³/mol. The van der Waals surface area contributed by atoms with Crippen molar-refractivity contribution < 1.29 is 19.8 Å². The molecule has 4 nitrogen and oxygen atoms in total. The van der Waals surface area contributed by atoms with E-state index in [2.05, 4.69) is 26.0 Å². The van der Waals surface area contributed by atoms with Gasteiger partial charge in [-0.3, -0.25) is 9.59 Å². The first kappa shape index (κ1) is 49.4. The summed E-state index contributed by atoms with van der Waals surface area (Å²) in [6, 6.07) is 0. The molecule has 42 heavy (non-hydrogen) atoms. The summed E-state index contributed by atoms with van der Waals surface area (Å²) in [6.07, 6.45) is 41.4. The Morgan fingerprint density at radius 2 is 0.619 bits per heavy atom. The van der Waals surface area contributed by atoms with Crippen LogP contribution in [0.4, 0.5) is 0 Å². The Morgan fingerprint density at radius 1 is 0.405 bits per heavy atom. The summed E-state index contributed by atoms with van der Waals surface area (Å²) in [5.41, 5.74) is 0. The summed E-state index contributed by atoms with van der Waals surface area (Å²) in [4.78, 5) is 20.7. The van der Waals surface area contributed by atoms with Gasteiger partial charge in [-0.15, -0.1) is 0 Å². The topological polar surface area (TPSA) is 74.6 Å². The molecular formula is C36H73CaLiO4. The molecule has 0 radical (unpaired) electrons. The van der Waals surface area contributed by atoms with Crippen LogP contribution in [0.25, 0.3) is 0 Å². The van der Waals surface area contributed by atoms with E-state index in [1.54, 1.807) is 0 Å². The minimum absolute atomic E-state index is 0. The van der Waals surface area contributed by atoms with Gasteiger partial charge in [-0.05, 0) is 38.5 Å².